The van der Waals surface area contributed by atoms with Crippen molar-refractivity contribution in [1.29, 1.82) is 0 Å². The Kier molecular flexibility index (Phi) is 4.06. The number of hydrogen-bond acceptors (Lipinski definition) is 3. The molecule has 0 N–H and O–H groups in total. The maximum absolute atomic E-state index is 12.5. The molecule has 4 heteroatoms. The predicted molar refractivity (Wildman–Crippen MR) is 77.2 cm³/mol. The monoisotopic (exact) mass is 356 g/mol. The van der Waals surface area contributed by atoms with Crippen molar-refractivity contribution in [3.05, 3.63) is 51.0 Å². The number of hydrogen-bond donors (Lipinski definition) is 0. The van der Waals surface area contributed by atoms with Crippen LogP contribution in [0.1, 0.15) is 28.6 Å². The van der Waals surface area contributed by atoms with Gasteiger partial charge in [0, 0.05) is 9.99 Å². The molecule has 0 saturated heterocycles. The molecule has 2 rings (SSSR count). The minimum atomic E-state index is -0.0593. The number of carbonyl (C=O) groups is 1. The lowest BCUT2D eigenvalue weighted by molar-refractivity contribution is 0.103. The van der Waals surface area contributed by atoms with Gasteiger partial charge in [-0.3, -0.25) is 4.79 Å². The normalized spacial score (nSPS) is 10.4. The molecule has 0 unspecified atom stereocenters. The molecule has 0 aliphatic rings. The van der Waals surface area contributed by atoms with Crippen LogP contribution in [-0.2, 0) is 6.42 Å². The number of aryl methyl sites for hydroxylation is 1. The van der Waals surface area contributed by atoms with Crippen molar-refractivity contribution in [2.45, 2.75) is 13.3 Å². The summed E-state index contributed by atoms with van der Waals surface area (Å²) in [5.41, 5.74) is 1.18. The topological polar surface area (TPSA) is 39.4 Å². The summed E-state index contributed by atoms with van der Waals surface area (Å²) in [7, 11) is 1.56. The Bertz CT molecular complexity index is 572. The summed E-state index contributed by atoms with van der Waals surface area (Å²) in [5, 5.41) is 0. The molecule has 0 fully saturated rings. The molecular formula is C14H13IO3. The van der Waals surface area contributed by atoms with Crippen molar-refractivity contribution >= 4 is 28.4 Å². The number of ketones is 1. The number of furan rings is 1. The SMILES string of the molecule is CCc1occc1C(=O)c1cc(I)ccc1OC. The number of methoxy groups -OCH3 is 1. The van der Waals surface area contributed by atoms with Crippen molar-refractivity contribution < 1.29 is 13.9 Å². The van der Waals surface area contributed by atoms with Gasteiger partial charge in [-0.25, -0.2) is 0 Å². The van der Waals surface area contributed by atoms with Crippen molar-refractivity contribution in [3.8, 4) is 5.75 Å². The highest BCUT2D eigenvalue weighted by Gasteiger charge is 2.19. The van der Waals surface area contributed by atoms with Crippen molar-refractivity contribution in [2.75, 3.05) is 7.11 Å². The Hall–Kier alpha value is -1.30. The van der Waals surface area contributed by atoms with Crippen molar-refractivity contribution in [2.24, 2.45) is 0 Å². The smallest absolute Gasteiger partial charge is 0.200 e. The first-order valence-electron chi connectivity index (χ1n) is 5.62. The van der Waals surface area contributed by atoms with E-state index < -0.39 is 0 Å². The second kappa shape index (κ2) is 5.56. The zero-order valence-electron chi connectivity index (χ0n) is 10.2. The van der Waals surface area contributed by atoms with E-state index in [0.717, 1.165) is 3.57 Å². The first-order chi connectivity index (χ1) is 8.67. The minimum absolute atomic E-state index is 0.0593. The number of rotatable bonds is 4. The Labute approximate surface area is 119 Å². The van der Waals surface area contributed by atoms with Crippen LogP contribution in [0.25, 0.3) is 0 Å². The van der Waals surface area contributed by atoms with Crippen molar-refractivity contribution in [1.82, 2.24) is 0 Å². The predicted octanol–water partition coefficient (Wildman–Crippen LogP) is 3.69. The molecule has 94 valence electrons. The van der Waals surface area contributed by atoms with Crippen LogP contribution >= 0.6 is 22.6 Å². The van der Waals surface area contributed by atoms with E-state index in [-0.39, 0.29) is 5.78 Å². The summed E-state index contributed by atoms with van der Waals surface area (Å²) in [6.07, 6.45) is 2.24. The molecule has 1 heterocycles. The van der Waals surface area contributed by atoms with Gasteiger partial charge in [0.25, 0.3) is 0 Å². The maximum Gasteiger partial charge on any atom is 0.200 e. The number of ether oxygens (including phenoxy) is 1. The van der Waals surface area contributed by atoms with Gasteiger partial charge in [0.05, 0.1) is 24.5 Å². The molecule has 0 spiro atoms. The summed E-state index contributed by atoms with van der Waals surface area (Å²) in [4.78, 5) is 12.5. The first-order valence-corrected chi connectivity index (χ1v) is 6.69. The first kappa shape index (κ1) is 13.1. The van der Waals surface area contributed by atoms with E-state index >= 15 is 0 Å². The summed E-state index contributed by atoms with van der Waals surface area (Å²) >= 11 is 2.18. The average Bonchev–Trinajstić information content (AvgIpc) is 2.86. The van der Waals surface area contributed by atoms with Gasteiger partial charge in [0.2, 0.25) is 0 Å². The van der Waals surface area contributed by atoms with Crippen LogP contribution in [0.15, 0.2) is 34.9 Å². The fraction of sp³-hybridized carbons (Fsp3) is 0.214. The summed E-state index contributed by atoms with van der Waals surface area (Å²) in [6.45, 7) is 1.96. The van der Waals surface area contributed by atoms with E-state index in [1.807, 2.05) is 19.1 Å². The van der Waals surface area contributed by atoms with Gasteiger partial charge in [-0.2, -0.15) is 0 Å². The molecule has 18 heavy (non-hydrogen) atoms. The lowest BCUT2D eigenvalue weighted by Gasteiger charge is -2.07. The third kappa shape index (κ3) is 2.43. The Balaban J connectivity index is 2.48. The average molecular weight is 356 g/mol. The number of carbonyl (C=O) groups excluding carboxylic acids is 1. The molecule has 3 nitrogen and oxygen atoms in total. The Morgan fingerprint density at radius 2 is 2.11 bits per heavy atom. The van der Waals surface area contributed by atoms with Gasteiger partial charge in [0.1, 0.15) is 11.5 Å². The van der Waals surface area contributed by atoms with Crippen LogP contribution in [0.3, 0.4) is 0 Å². The van der Waals surface area contributed by atoms with Gasteiger partial charge < -0.3 is 9.15 Å². The number of benzene rings is 1. The quantitative estimate of drug-likeness (QED) is 0.620. The molecule has 0 aliphatic carbocycles. The molecule has 0 saturated carbocycles. The lowest BCUT2D eigenvalue weighted by Crippen LogP contribution is -2.05. The minimum Gasteiger partial charge on any atom is -0.496 e. The lowest BCUT2D eigenvalue weighted by atomic mass is 10.0. The highest BCUT2D eigenvalue weighted by atomic mass is 127. The number of halogens is 1. The van der Waals surface area contributed by atoms with Gasteiger partial charge in [0.15, 0.2) is 5.78 Å². The molecule has 0 atom stereocenters. The molecule has 0 amide bonds. The van der Waals surface area contributed by atoms with Crippen LogP contribution in [-0.4, -0.2) is 12.9 Å². The summed E-state index contributed by atoms with van der Waals surface area (Å²) in [5.74, 6) is 1.24. The van der Waals surface area contributed by atoms with Crippen LogP contribution in [0.4, 0.5) is 0 Å². The standard InChI is InChI=1S/C14H13IO3/c1-3-12-10(6-7-18-12)14(16)11-8-9(15)4-5-13(11)17-2/h4-8H,3H2,1-2H3. The van der Waals surface area contributed by atoms with Crippen LogP contribution in [0, 0.1) is 3.57 Å². The zero-order chi connectivity index (χ0) is 13.1. The maximum atomic E-state index is 12.5. The largest absolute Gasteiger partial charge is 0.496 e. The molecule has 0 radical (unpaired) electrons. The van der Waals surface area contributed by atoms with E-state index in [1.54, 1.807) is 25.5 Å². The summed E-state index contributed by atoms with van der Waals surface area (Å²) in [6, 6.07) is 7.25. The van der Waals surface area contributed by atoms with Crippen molar-refractivity contribution in [3.63, 3.8) is 0 Å². The third-order valence-electron chi connectivity index (χ3n) is 2.72. The Morgan fingerprint density at radius 3 is 2.78 bits per heavy atom. The molecule has 2 aromatic rings. The fourth-order valence-corrected chi connectivity index (χ4v) is 2.31. The van der Waals surface area contributed by atoms with Crippen LogP contribution in [0.5, 0.6) is 5.75 Å². The van der Waals surface area contributed by atoms with Gasteiger partial charge in [-0.15, -0.1) is 0 Å². The van der Waals surface area contributed by atoms with E-state index in [1.165, 1.54) is 0 Å². The summed E-state index contributed by atoms with van der Waals surface area (Å²) < 4.78 is 11.5. The van der Waals surface area contributed by atoms with E-state index in [9.17, 15) is 4.79 Å². The second-order valence-corrected chi connectivity index (χ2v) is 5.03. The molecule has 1 aromatic heterocycles. The molecule has 1 aromatic carbocycles. The molecule has 0 aliphatic heterocycles. The third-order valence-corrected chi connectivity index (χ3v) is 3.39. The molecule has 0 bridgehead atoms. The fourth-order valence-electron chi connectivity index (χ4n) is 1.82. The van der Waals surface area contributed by atoms with Crippen LogP contribution < -0.4 is 4.74 Å². The molecular weight excluding hydrogens is 343 g/mol. The second-order valence-electron chi connectivity index (χ2n) is 3.78. The highest BCUT2D eigenvalue weighted by molar-refractivity contribution is 14.1. The van der Waals surface area contributed by atoms with E-state index in [0.29, 0.717) is 29.1 Å². The van der Waals surface area contributed by atoms with E-state index in [4.69, 9.17) is 9.15 Å². The Morgan fingerprint density at radius 1 is 1.33 bits per heavy atom. The highest BCUT2D eigenvalue weighted by Crippen LogP contribution is 2.25. The van der Waals surface area contributed by atoms with Gasteiger partial charge in [-0.05, 0) is 46.9 Å². The van der Waals surface area contributed by atoms with Gasteiger partial charge in [-0.1, -0.05) is 6.92 Å². The van der Waals surface area contributed by atoms with Crippen LogP contribution in [0.2, 0.25) is 0 Å². The zero-order valence-corrected chi connectivity index (χ0v) is 12.4. The van der Waals surface area contributed by atoms with Gasteiger partial charge >= 0.3 is 0 Å². The van der Waals surface area contributed by atoms with E-state index in [2.05, 4.69) is 22.6 Å².